The van der Waals surface area contributed by atoms with E-state index in [9.17, 15) is 9.59 Å². The van der Waals surface area contributed by atoms with Crippen LogP contribution in [-0.2, 0) is 4.74 Å². The van der Waals surface area contributed by atoms with Crippen molar-refractivity contribution in [3.8, 4) is 0 Å². The summed E-state index contributed by atoms with van der Waals surface area (Å²) in [4.78, 5) is 27.3. The smallest absolute Gasteiger partial charge is 0.409 e. The second-order valence-corrected chi connectivity index (χ2v) is 6.02. The van der Waals surface area contributed by atoms with Gasteiger partial charge in [0.15, 0.2) is 0 Å². The summed E-state index contributed by atoms with van der Waals surface area (Å²) in [5.41, 5.74) is 0.409. The molecule has 2 amide bonds. The van der Waals surface area contributed by atoms with Crippen molar-refractivity contribution in [1.29, 1.82) is 0 Å². The third kappa shape index (κ3) is 4.99. The zero-order valence-electron chi connectivity index (χ0n) is 12.8. The molecule has 1 N–H and O–H groups in total. The van der Waals surface area contributed by atoms with Crippen LogP contribution < -0.4 is 5.32 Å². The number of rotatable bonds is 4. The molecule has 0 atom stereocenters. The number of nitrogens with one attached hydrogen (secondary N) is 1. The van der Waals surface area contributed by atoms with Gasteiger partial charge >= 0.3 is 6.09 Å². The van der Waals surface area contributed by atoms with Crippen LogP contribution in [-0.4, -0.2) is 68.2 Å². The summed E-state index contributed by atoms with van der Waals surface area (Å²) < 4.78 is 4.70. The third-order valence-corrected chi connectivity index (χ3v) is 4.24. The van der Waals surface area contributed by atoms with Crippen molar-refractivity contribution in [2.24, 2.45) is 0 Å². The molecule has 23 heavy (non-hydrogen) atoms. The lowest BCUT2D eigenvalue weighted by Gasteiger charge is -2.33. The van der Waals surface area contributed by atoms with Crippen LogP contribution in [0.3, 0.4) is 0 Å². The highest BCUT2D eigenvalue weighted by atomic mass is 35.5. The Morgan fingerprint density at radius 2 is 1.91 bits per heavy atom. The van der Waals surface area contributed by atoms with E-state index in [0.29, 0.717) is 41.8 Å². The fourth-order valence-corrected chi connectivity index (χ4v) is 2.87. The molecule has 0 aliphatic carbocycles. The number of methoxy groups -OCH3 is 1. The number of carbonyl (C=O) groups excluding carboxylic acids is 2. The van der Waals surface area contributed by atoms with Crippen LogP contribution >= 0.6 is 23.2 Å². The molecule has 0 bridgehead atoms. The maximum atomic E-state index is 12.1. The van der Waals surface area contributed by atoms with E-state index in [-0.39, 0.29) is 12.0 Å². The second-order valence-electron chi connectivity index (χ2n) is 5.18. The highest BCUT2D eigenvalue weighted by molar-refractivity contribution is 6.36. The monoisotopic (exact) mass is 359 g/mol. The Bertz CT molecular complexity index is 575. The molecule has 0 unspecified atom stereocenters. The van der Waals surface area contributed by atoms with E-state index in [2.05, 4.69) is 10.2 Å². The normalized spacial score (nSPS) is 15.3. The van der Waals surface area contributed by atoms with Crippen LogP contribution in [0.5, 0.6) is 0 Å². The summed E-state index contributed by atoms with van der Waals surface area (Å²) in [6.07, 6.45) is -0.296. The van der Waals surface area contributed by atoms with Gasteiger partial charge in [0.2, 0.25) is 0 Å². The molecule has 0 saturated carbocycles. The van der Waals surface area contributed by atoms with Crippen molar-refractivity contribution in [3.05, 3.63) is 33.8 Å². The Morgan fingerprint density at radius 1 is 1.22 bits per heavy atom. The van der Waals surface area contributed by atoms with E-state index in [1.807, 2.05) is 0 Å². The molecule has 8 heteroatoms. The van der Waals surface area contributed by atoms with Gasteiger partial charge in [-0.1, -0.05) is 23.2 Å². The number of nitrogens with zero attached hydrogens (tertiary/aromatic N) is 2. The molecule has 2 rings (SSSR count). The van der Waals surface area contributed by atoms with Gasteiger partial charge in [0, 0.05) is 44.3 Å². The SMILES string of the molecule is COC(=O)N1CCN(CCNC(=O)c2ccc(Cl)cc2Cl)CC1. The molecule has 1 fully saturated rings. The quantitative estimate of drug-likeness (QED) is 0.894. The lowest BCUT2D eigenvalue weighted by Crippen LogP contribution is -2.50. The van der Waals surface area contributed by atoms with Gasteiger partial charge in [0.05, 0.1) is 17.7 Å². The molecule has 1 aromatic rings. The zero-order valence-corrected chi connectivity index (χ0v) is 14.4. The van der Waals surface area contributed by atoms with Crippen molar-refractivity contribution in [1.82, 2.24) is 15.1 Å². The molecule has 126 valence electrons. The predicted molar refractivity (Wildman–Crippen MR) is 89.2 cm³/mol. The minimum atomic E-state index is -0.296. The van der Waals surface area contributed by atoms with Crippen molar-refractivity contribution in [3.63, 3.8) is 0 Å². The maximum Gasteiger partial charge on any atom is 0.409 e. The minimum Gasteiger partial charge on any atom is -0.453 e. The maximum absolute atomic E-state index is 12.1. The highest BCUT2D eigenvalue weighted by Crippen LogP contribution is 2.20. The molecular weight excluding hydrogens is 341 g/mol. The Kier molecular flexibility index (Phi) is 6.50. The van der Waals surface area contributed by atoms with Crippen molar-refractivity contribution >= 4 is 35.2 Å². The molecule has 0 spiro atoms. The molecule has 0 aromatic heterocycles. The van der Waals surface area contributed by atoms with Crippen LogP contribution in [0.25, 0.3) is 0 Å². The fourth-order valence-electron chi connectivity index (χ4n) is 2.38. The molecule has 1 saturated heterocycles. The van der Waals surface area contributed by atoms with Gasteiger partial charge in [-0.3, -0.25) is 9.69 Å². The van der Waals surface area contributed by atoms with Crippen molar-refractivity contribution in [2.45, 2.75) is 0 Å². The molecule has 1 aromatic carbocycles. The van der Waals surface area contributed by atoms with Crippen LogP contribution in [0.2, 0.25) is 10.0 Å². The summed E-state index contributed by atoms with van der Waals surface area (Å²) >= 11 is 11.8. The van der Waals surface area contributed by atoms with Crippen LogP contribution in [0.1, 0.15) is 10.4 Å². The first-order valence-corrected chi connectivity index (χ1v) is 8.05. The number of ether oxygens (including phenoxy) is 1. The minimum absolute atomic E-state index is 0.222. The van der Waals surface area contributed by atoms with Crippen LogP contribution in [0.4, 0.5) is 4.79 Å². The summed E-state index contributed by atoms with van der Waals surface area (Å²) in [6, 6.07) is 4.79. The van der Waals surface area contributed by atoms with E-state index in [1.54, 1.807) is 23.1 Å². The van der Waals surface area contributed by atoms with Crippen molar-refractivity contribution in [2.75, 3.05) is 46.4 Å². The summed E-state index contributed by atoms with van der Waals surface area (Å²) in [5.74, 6) is -0.222. The van der Waals surface area contributed by atoms with Crippen LogP contribution in [0.15, 0.2) is 18.2 Å². The number of halogens is 2. The molecule has 0 radical (unpaired) electrons. The summed E-state index contributed by atoms with van der Waals surface area (Å²) in [6.45, 7) is 3.99. The van der Waals surface area contributed by atoms with E-state index in [4.69, 9.17) is 27.9 Å². The Morgan fingerprint density at radius 3 is 2.52 bits per heavy atom. The molecule has 1 aliphatic rings. The molecule has 1 aliphatic heterocycles. The van der Waals surface area contributed by atoms with Gasteiger partial charge in [-0.05, 0) is 18.2 Å². The summed E-state index contributed by atoms with van der Waals surface area (Å²) in [7, 11) is 1.38. The van der Waals surface area contributed by atoms with E-state index >= 15 is 0 Å². The van der Waals surface area contributed by atoms with Gasteiger partial charge in [-0.15, -0.1) is 0 Å². The number of hydrogen-bond donors (Lipinski definition) is 1. The largest absolute Gasteiger partial charge is 0.453 e. The zero-order chi connectivity index (χ0) is 16.8. The highest BCUT2D eigenvalue weighted by Gasteiger charge is 2.21. The second kappa shape index (κ2) is 8.38. The average Bonchev–Trinajstić information content (AvgIpc) is 2.54. The topological polar surface area (TPSA) is 61.9 Å². The first-order chi connectivity index (χ1) is 11.0. The Hall–Kier alpha value is -1.50. The molecular formula is C15H19Cl2N3O3. The van der Waals surface area contributed by atoms with Gasteiger partial charge in [-0.25, -0.2) is 4.79 Å². The predicted octanol–water partition coefficient (Wildman–Crippen LogP) is 2.11. The first kappa shape index (κ1) is 17.8. The van der Waals surface area contributed by atoms with Gasteiger partial charge in [-0.2, -0.15) is 0 Å². The summed E-state index contributed by atoms with van der Waals surface area (Å²) in [5, 5.41) is 3.67. The molecule has 6 nitrogen and oxygen atoms in total. The van der Waals surface area contributed by atoms with Crippen molar-refractivity contribution < 1.29 is 14.3 Å². The molecule has 1 heterocycles. The van der Waals surface area contributed by atoms with E-state index in [1.165, 1.54) is 7.11 Å². The fraction of sp³-hybridized carbons (Fsp3) is 0.467. The number of benzene rings is 1. The lowest BCUT2D eigenvalue weighted by molar-refractivity contribution is 0.0885. The number of piperazine rings is 1. The number of carbonyl (C=O) groups is 2. The first-order valence-electron chi connectivity index (χ1n) is 7.29. The van der Waals surface area contributed by atoms with E-state index < -0.39 is 0 Å². The number of hydrogen-bond acceptors (Lipinski definition) is 4. The number of amides is 2. The van der Waals surface area contributed by atoms with E-state index in [0.717, 1.165) is 13.1 Å². The van der Waals surface area contributed by atoms with Gasteiger partial charge in [0.1, 0.15) is 0 Å². The Labute approximate surface area is 145 Å². The van der Waals surface area contributed by atoms with Crippen LogP contribution in [0, 0.1) is 0 Å². The lowest BCUT2D eigenvalue weighted by atomic mass is 10.2. The van der Waals surface area contributed by atoms with Gasteiger partial charge in [0.25, 0.3) is 5.91 Å². The third-order valence-electron chi connectivity index (χ3n) is 3.69. The average molecular weight is 360 g/mol. The Balaban J connectivity index is 1.73. The van der Waals surface area contributed by atoms with Gasteiger partial charge < -0.3 is 15.0 Å². The standard InChI is InChI=1S/C15H19Cl2N3O3/c1-23-15(22)20-8-6-19(7-9-20)5-4-18-14(21)12-3-2-11(16)10-13(12)17/h2-3,10H,4-9H2,1H3,(H,18,21).